The molecule has 0 saturated carbocycles. The average molecular weight is 369 g/mol. The van der Waals surface area contributed by atoms with Crippen LogP contribution in [0.5, 0.6) is 5.75 Å². The van der Waals surface area contributed by atoms with Crippen LogP contribution >= 0.6 is 0 Å². The second kappa shape index (κ2) is 6.57. The second-order valence-electron chi connectivity index (χ2n) is 7.24. The fourth-order valence-electron chi connectivity index (χ4n) is 3.93. The monoisotopic (exact) mass is 369 g/mol. The standard InChI is InChI=1S/C24H19NO3/c26-9-3-8-25-14-19(15-25)24-12-18-7-6-17(11-23(18)28-24)22-13-20(27)10-16-4-1-2-5-21(16)22/h1-13,19,27H,14-15H2. The first kappa shape index (κ1) is 16.6. The van der Waals surface area contributed by atoms with Crippen LogP contribution in [0.3, 0.4) is 0 Å². The Morgan fingerprint density at radius 1 is 1.00 bits per heavy atom. The van der Waals surface area contributed by atoms with Crippen LogP contribution in [0.2, 0.25) is 0 Å². The molecular weight excluding hydrogens is 350 g/mol. The van der Waals surface area contributed by atoms with E-state index in [4.69, 9.17) is 4.42 Å². The molecule has 1 aliphatic rings. The van der Waals surface area contributed by atoms with Gasteiger partial charge in [0.2, 0.25) is 0 Å². The van der Waals surface area contributed by atoms with Crippen molar-refractivity contribution in [2.24, 2.45) is 0 Å². The quantitative estimate of drug-likeness (QED) is 0.403. The summed E-state index contributed by atoms with van der Waals surface area (Å²) < 4.78 is 6.15. The van der Waals surface area contributed by atoms with E-state index in [-0.39, 0.29) is 5.75 Å². The van der Waals surface area contributed by atoms with Crippen molar-refractivity contribution >= 4 is 28.0 Å². The zero-order valence-electron chi connectivity index (χ0n) is 15.2. The maximum atomic E-state index is 10.4. The maximum absolute atomic E-state index is 10.4. The Bertz CT molecular complexity index is 1220. The molecule has 0 radical (unpaired) electrons. The molecule has 0 bridgehead atoms. The topological polar surface area (TPSA) is 53.7 Å². The fraction of sp³-hybridized carbons (Fsp3) is 0.125. The van der Waals surface area contributed by atoms with Crippen molar-refractivity contribution in [2.75, 3.05) is 13.1 Å². The molecule has 0 spiro atoms. The summed E-state index contributed by atoms with van der Waals surface area (Å²) in [6, 6.07) is 19.9. The van der Waals surface area contributed by atoms with Crippen molar-refractivity contribution in [1.82, 2.24) is 4.90 Å². The predicted molar refractivity (Wildman–Crippen MR) is 110 cm³/mol. The summed E-state index contributed by atoms with van der Waals surface area (Å²) in [6.07, 6.45) is 4.12. The van der Waals surface area contributed by atoms with Crippen LogP contribution < -0.4 is 0 Å². The lowest BCUT2D eigenvalue weighted by molar-refractivity contribution is -0.104. The summed E-state index contributed by atoms with van der Waals surface area (Å²) in [5.41, 5.74) is 2.86. The number of aldehydes is 1. The highest BCUT2D eigenvalue weighted by atomic mass is 16.3. The van der Waals surface area contributed by atoms with Crippen LogP contribution in [0.15, 0.2) is 77.4 Å². The number of hydrogen-bond donors (Lipinski definition) is 1. The highest BCUT2D eigenvalue weighted by Gasteiger charge is 2.28. The number of carbonyl (C=O) groups is 1. The first-order valence-corrected chi connectivity index (χ1v) is 9.33. The van der Waals surface area contributed by atoms with Crippen molar-refractivity contribution < 1.29 is 14.3 Å². The molecule has 4 aromatic rings. The Hall–Kier alpha value is -3.53. The summed E-state index contributed by atoms with van der Waals surface area (Å²) >= 11 is 0. The van der Waals surface area contributed by atoms with Gasteiger partial charge in [0.15, 0.2) is 0 Å². The number of rotatable bonds is 4. The number of fused-ring (bicyclic) bond motifs is 2. The number of hydrogen-bond acceptors (Lipinski definition) is 4. The third-order valence-corrected chi connectivity index (χ3v) is 5.38. The molecule has 5 rings (SSSR count). The number of aromatic hydroxyl groups is 1. The van der Waals surface area contributed by atoms with E-state index in [1.807, 2.05) is 30.5 Å². The van der Waals surface area contributed by atoms with Crippen LogP contribution in [-0.4, -0.2) is 29.4 Å². The number of allylic oxidation sites excluding steroid dienone is 1. The van der Waals surface area contributed by atoms with E-state index in [0.717, 1.165) is 58.0 Å². The van der Waals surface area contributed by atoms with Gasteiger partial charge in [-0.15, -0.1) is 0 Å². The number of likely N-dealkylation sites (tertiary alicyclic amines) is 1. The smallest absolute Gasteiger partial charge is 0.144 e. The van der Waals surface area contributed by atoms with E-state index in [1.54, 1.807) is 12.1 Å². The Morgan fingerprint density at radius 2 is 1.86 bits per heavy atom. The van der Waals surface area contributed by atoms with Gasteiger partial charge in [0.05, 0.1) is 5.92 Å². The summed E-state index contributed by atoms with van der Waals surface area (Å²) in [7, 11) is 0. The molecule has 1 aliphatic heterocycles. The SMILES string of the molecule is O=CC=CN1CC(c2cc3ccc(-c4cc(O)cc5ccccc45)cc3o2)C1. The minimum Gasteiger partial charge on any atom is -0.508 e. The molecule has 1 saturated heterocycles. The maximum Gasteiger partial charge on any atom is 0.144 e. The number of phenolic OH excluding ortho intramolecular Hbond substituents is 1. The third-order valence-electron chi connectivity index (χ3n) is 5.38. The van der Waals surface area contributed by atoms with Gasteiger partial charge >= 0.3 is 0 Å². The van der Waals surface area contributed by atoms with E-state index >= 15 is 0 Å². The zero-order chi connectivity index (χ0) is 19.1. The molecule has 1 N–H and O–H groups in total. The van der Waals surface area contributed by atoms with Gasteiger partial charge in [-0.3, -0.25) is 4.79 Å². The number of furan rings is 1. The normalized spacial score (nSPS) is 14.8. The van der Waals surface area contributed by atoms with E-state index in [0.29, 0.717) is 5.92 Å². The van der Waals surface area contributed by atoms with Gasteiger partial charge in [-0.25, -0.2) is 0 Å². The molecular formula is C24H19NO3. The Kier molecular flexibility index (Phi) is 3.90. The number of nitrogens with zero attached hydrogens (tertiary/aromatic N) is 1. The van der Waals surface area contributed by atoms with Crippen molar-refractivity contribution in [1.29, 1.82) is 0 Å². The Morgan fingerprint density at radius 3 is 2.71 bits per heavy atom. The van der Waals surface area contributed by atoms with Gasteiger partial charge in [0.1, 0.15) is 23.4 Å². The lowest BCUT2D eigenvalue weighted by Crippen LogP contribution is -2.40. The molecule has 0 amide bonds. The summed E-state index contributed by atoms with van der Waals surface area (Å²) in [4.78, 5) is 12.5. The molecule has 1 aromatic heterocycles. The van der Waals surface area contributed by atoms with Crippen LogP contribution in [0, 0.1) is 0 Å². The largest absolute Gasteiger partial charge is 0.508 e. The number of phenols is 1. The predicted octanol–water partition coefficient (Wildman–Crippen LogP) is 5.07. The van der Waals surface area contributed by atoms with E-state index in [2.05, 4.69) is 29.2 Å². The van der Waals surface area contributed by atoms with Crippen LogP contribution in [-0.2, 0) is 4.79 Å². The average Bonchev–Trinajstić information content (AvgIpc) is 3.08. The first-order chi connectivity index (χ1) is 13.7. The Labute approximate surface area is 162 Å². The fourth-order valence-corrected chi connectivity index (χ4v) is 3.93. The van der Waals surface area contributed by atoms with Crippen LogP contribution in [0.25, 0.3) is 32.9 Å². The molecule has 0 aliphatic carbocycles. The minimum atomic E-state index is 0.256. The van der Waals surface area contributed by atoms with Gasteiger partial charge < -0.3 is 14.4 Å². The molecule has 28 heavy (non-hydrogen) atoms. The van der Waals surface area contributed by atoms with Crippen molar-refractivity contribution in [2.45, 2.75) is 5.92 Å². The first-order valence-electron chi connectivity index (χ1n) is 9.33. The molecule has 4 nitrogen and oxygen atoms in total. The van der Waals surface area contributed by atoms with E-state index in [9.17, 15) is 9.90 Å². The Balaban J connectivity index is 1.50. The second-order valence-corrected chi connectivity index (χ2v) is 7.24. The highest BCUT2D eigenvalue weighted by Crippen LogP contribution is 2.36. The molecule has 0 unspecified atom stereocenters. The van der Waals surface area contributed by atoms with E-state index < -0.39 is 0 Å². The molecule has 138 valence electrons. The molecule has 0 atom stereocenters. The highest BCUT2D eigenvalue weighted by molar-refractivity contribution is 5.99. The van der Waals surface area contributed by atoms with Crippen molar-refractivity contribution in [3.63, 3.8) is 0 Å². The van der Waals surface area contributed by atoms with Gasteiger partial charge in [-0.1, -0.05) is 36.4 Å². The number of carbonyl (C=O) groups excluding carboxylic acids is 1. The van der Waals surface area contributed by atoms with Gasteiger partial charge in [0, 0.05) is 24.7 Å². The number of benzene rings is 3. The lowest BCUT2D eigenvalue weighted by atomic mass is 9.96. The van der Waals surface area contributed by atoms with Crippen molar-refractivity contribution in [3.8, 4) is 16.9 Å². The van der Waals surface area contributed by atoms with Crippen LogP contribution in [0.1, 0.15) is 11.7 Å². The minimum absolute atomic E-state index is 0.256. The van der Waals surface area contributed by atoms with Crippen LogP contribution in [0.4, 0.5) is 0 Å². The molecule has 3 aromatic carbocycles. The van der Waals surface area contributed by atoms with Gasteiger partial charge in [-0.05, 0) is 52.2 Å². The summed E-state index contributed by atoms with van der Waals surface area (Å²) in [6.45, 7) is 1.71. The summed E-state index contributed by atoms with van der Waals surface area (Å²) in [5.74, 6) is 1.57. The third kappa shape index (κ3) is 2.83. The van der Waals surface area contributed by atoms with Crippen molar-refractivity contribution in [3.05, 3.63) is 78.7 Å². The lowest BCUT2D eigenvalue weighted by Gasteiger charge is -2.37. The van der Waals surface area contributed by atoms with Gasteiger partial charge in [-0.2, -0.15) is 0 Å². The van der Waals surface area contributed by atoms with E-state index in [1.165, 1.54) is 6.08 Å². The van der Waals surface area contributed by atoms with Gasteiger partial charge in [0.25, 0.3) is 0 Å². The summed E-state index contributed by atoms with van der Waals surface area (Å²) in [5, 5.41) is 13.3. The molecule has 2 heterocycles. The molecule has 1 fully saturated rings. The molecule has 4 heteroatoms. The zero-order valence-corrected chi connectivity index (χ0v) is 15.2.